The van der Waals surface area contributed by atoms with Crippen LogP contribution in [0.15, 0.2) is 33.1 Å². The maximum absolute atomic E-state index is 14.1. The highest BCUT2D eigenvalue weighted by atomic mass is 32.2. The minimum absolute atomic E-state index is 0.00198. The number of halogens is 3. The molecule has 0 spiro atoms. The fourth-order valence-electron chi connectivity index (χ4n) is 3.34. The fourth-order valence-corrected chi connectivity index (χ4v) is 4.42. The number of guanidine groups is 1. The standard InChI is InChI=1S/C18H19F3N4O4S/c1-3-29-11-4-5-12-13(10-11)30-16-23-17(14(26)27-2,18(19,20)21)22-15(25(12)16)24-6-8-28-9-7-24/h4-5,10H,3,6-9H2,1-2H3/t17-/m1/s1. The Hall–Kier alpha value is -2.47. The topological polar surface area (TPSA) is 76.0 Å². The van der Waals surface area contributed by atoms with Gasteiger partial charge in [0.05, 0.1) is 32.6 Å². The number of anilines is 1. The number of hydrogen-bond acceptors (Lipinski definition) is 9. The molecule has 4 rings (SSSR count). The van der Waals surface area contributed by atoms with Crippen molar-refractivity contribution in [2.75, 3.05) is 44.9 Å². The van der Waals surface area contributed by atoms with Crippen molar-refractivity contribution in [3.05, 3.63) is 18.2 Å². The number of hydrogen-bond donors (Lipinski definition) is 0. The van der Waals surface area contributed by atoms with Gasteiger partial charge in [-0.2, -0.15) is 13.2 Å². The zero-order chi connectivity index (χ0) is 21.5. The molecule has 3 aliphatic heterocycles. The molecule has 8 nitrogen and oxygen atoms in total. The van der Waals surface area contributed by atoms with Gasteiger partial charge in [-0.3, -0.25) is 4.90 Å². The lowest BCUT2D eigenvalue weighted by atomic mass is 10.1. The zero-order valence-electron chi connectivity index (χ0n) is 16.2. The lowest BCUT2D eigenvalue weighted by Crippen LogP contribution is -2.59. The van der Waals surface area contributed by atoms with Gasteiger partial charge in [-0.15, -0.1) is 0 Å². The monoisotopic (exact) mass is 444 g/mol. The molecule has 3 heterocycles. The average Bonchev–Trinajstić information content (AvgIpc) is 3.09. The molecule has 0 aliphatic carbocycles. The Balaban J connectivity index is 1.87. The molecular weight excluding hydrogens is 425 g/mol. The maximum Gasteiger partial charge on any atom is 0.446 e. The van der Waals surface area contributed by atoms with Crippen LogP contribution in [0.2, 0.25) is 0 Å². The minimum Gasteiger partial charge on any atom is -0.494 e. The molecule has 1 aromatic carbocycles. The summed E-state index contributed by atoms with van der Waals surface area (Å²) in [5.41, 5.74) is -2.74. The number of nitrogens with zero attached hydrogens (tertiary/aromatic N) is 4. The van der Waals surface area contributed by atoms with Crippen molar-refractivity contribution in [3.8, 4) is 5.75 Å². The second-order valence-corrected chi connectivity index (χ2v) is 7.58. The van der Waals surface area contributed by atoms with E-state index in [-0.39, 0.29) is 11.1 Å². The van der Waals surface area contributed by atoms with Crippen LogP contribution in [0, 0.1) is 0 Å². The quantitative estimate of drug-likeness (QED) is 0.663. The number of thioether (sulfide) groups is 1. The molecule has 1 aromatic rings. The van der Waals surface area contributed by atoms with Crippen molar-refractivity contribution in [1.29, 1.82) is 0 Å². The highest BCUT2D eigenvalue weighted by molar-refractivity contribution is 8.15. The van der Waals surface area contributed by atoms with Gasteiger partial charge in [-0.05, 0) is 36.9 Å². The molecule has 1 saturated heterocycles. The first-order valence-electron chi connectivity index (χ1n) is 9.23. The van der Waals surface area contributed by atoms with Crippen LogP contribution in [0.25, 0.3) is 0 Å². The van der Waals surface area contributed by atoms with Crippen LogP contribution >= 0.6 is 11.8 Å². The van der Waals surface area contributed by atoms with E-state index >= 15 is 0 Å². The van der Waals surface area contributed by atoms with E-state index in [1.165, 1.54) is 4.90 Å². The second-order valence-electron chi connectivity index (χ2n) is 6.57. The van der Waals surface area contributed by atoms with Gasteiger partial charge in [-0.25, -0.2) is 14.8 Å². The summed E-state index contributed by atoms with van der Waals surface area (Å²) in [7, 11) is 0.886. The summed E-state index contributed by atoms with van der Waals surface area (Å²) in [5, 5.41) is -0.00198. The van der Waals surface area contributed by atoms with Gasteiger partial charge in [-0.1, -0.05) is 0 Å². The lowest BCUT2D eigenvalue weighted by molar-refractivity contribution is -0.201. The number of ether oxygens (including phenoxy) is 3. The van der Waals surface area contributed by atoms with Crippen LogP contribution in [-0.2, 0) is 14.3 Å². The second kappa shape index (κ2) is 7.65. The Kier molecular flexibility index (Phi) is 5.30. The first kappa shape index (κ1) is 20.8. The van der Waals surface area contributed by atoms with Crippen molar-refractivity contribution < 1.29 is 32.2 Å². The van der Waals surface area contributed by atoms with E-state index < -0.39 is 17.8 Å². The Labute approximate surface area is 174 Å². The van der Waals surface area contributed by atoms with Gasteiger partial charge < -0.3 is 19.1 Å². The molecule has 162 valence electrons. The van der Waals surface area contributed by atoms with Crippen LogP contribution in [0.4, 0.5) is 18.9 Å². The van der Waals surface area contributed by atoms with Crippen LogP contribution in [0.5, 0.6) is 5.75 Å². The summed E-state index contributed by atoms with van der Waals surface area (Å²) in [5.74, 6) is -1.01. The van der Waals surface area contributed by atoms with E-state index in [9.17, 15) is 18.0 Å². The van der Waals surface area contributed by atoms with E-state index in [0.717, 1.165) is 18.9 Å². The number of carbonyl (C=O) groups is 1. The number of carbonyl (C=O) groups excluding carboxylic acids is 1. The number of fused-ring (bicyclic) bond motifs is 3. The highest BCUT2D eigenvalue weighted by Gasteiger charge is 2.66. The number of morpholine rings is 1. The van der Waals surface area contributed by atoms with E-state index in [4.69, 9.17) is 9.47 Å². The highest BCUT2D eigenvalue weighted by Crippen LogP contribution is 2.48. The SMILES string of the molecule is CCOc1ccc2c(c1)SC1=N[C@](C(=O)OC)(C(F)(F)F)N=C(N3CCOCC3)N12. The number of benzene rings is 1. The number of methoxy groups -OCH3 is 1. The third-order valence-corrected chi connectivity index (χ3v) is 5.76. The third kappa shape index (κ3) is 3.27. The molecule has 0 bridgehead atoms. The van der Waals surface area contributed by atoms with Crippen LogP contribution < -0.4 is 9.64 Å². The van der Waals surface area contributed by atoms with Gasteiger partial charge in [0.25, 0.3) is 0 Å². The Morgan fingerprint density at radius 3 is 2.67 bits per heavy atom. The molecule has 0 aromatic heterocycles. The maximum atomic E-state index is 14.1. The van der Waals surface area contributed by atoms with Gasteiger partial charge in [0, 0.05) is 18.0 Å². The number of amidine groups is 1. The number of alkyl halides is 3. The number of rotatable bonds is 3. The molecular formula is C18H19F3N4O4S. The summed E-state index contributed by atoms with van der Waals surface area (Å²) in [6, 6.07) is 5.20. The molecule has 12 heteroatoms. The average molecular weight is 444 g/mol. The van der Waals surface area contributed by atoms with Gasteiger partial charge in [0.15, 0.2) is 5.17 Å². The van der Waals surface area contributed by atoms with Crippen molar-refractivity contribution >= 4 is 34.5 Å². The molecule has 0 unspecified atom stereocenters. The molecule has 0 amide bonds. The normalized spacial score (nSPS) is 23.4. The number of aliphatic imine (C=N–C) groups is 2. The molecule has 1 fully saturated rings. The predicted molar refractivity (Wildman–Crippen MR) is 104 cm³/mol. The number of esters is 1. The Bertz CT molecular complexity index is 917. The van der Waals surface area contributed by atoms with Crippen LogP contribution in [0.1, 0.15) is 6.92 Å². The smallest absolute Gasteiger partial charge is 0.446 e. The summed E-state index contributed by atoms with van der Waals surface area (Å²) in [6.07, 6.45) is -5.08. The van der Waals surface area contributed by atoms with E-state index in [2.05, 4.69) is 14.7 Å². The van der Waals surface area contributed by atoms with E-state index in [1.54, 1.807) is 23.1 Å². The lowest BCUT2D eigenvalue weighted by Gasteiger charge is -2.39. The Morgan fingerprint density at radius 1 is 1.30 bits per heavy atom. The summed E-state index contributed by atoms with van der Waals surface area (Å²) in [6.45, 7) is 3.61. The molecule has 3 aliphatic rings. The van der Waals surface area contributed by atoms with Crippen molar-refractivity contribution in [1.82, 2.24) is 4.90 Å². The van der Waals surface area contributed by atoms with Gasteiger partial charge >= 0.3 is 17.8 Å². The van der Waals surface area contributed by atoms with Crippen LogP contribution in [0.3, 0.4) is 0 Å². The van der Waals surface area contributed by atoms with E-state index in [0.29, 0.717) is 49.2 Å². The van der Waals surface area contributed by atoms with Gasteiger partial charge in [0.2, 0.25) is 5.96 Å². The summed E-state index contributed by atoms with van der Waals surface area (Å²) in [4.78, 5) is 23.8. The zero-order valence-corrected chi connectivity index (χ0v) is 17.0. The molecule has 1 atom stereocenters. The van der Waals surface area contributed by atoms with E-state index in [1.807, 2.05) is 6.92 Å². The van der Waals surface area contributed by atoms with Gasteiger partial charge in [0.1, 0.15) is 5.75 Å². The Morgan fingerprint density at radius 2 is 2.03 bits per heavy atom. The third-order valence-electron chi connectivity index (χ3n) is 4.75. The van der Waals surface area contributed by atoms with Crippen molar-refractivity contribution in [3.63, 3.8) is 0 Å². The first-order valence-corrected chi connectivity index (χ1v) is 10.0. The largest absolute Gasteiger partial charge is 0.494 e. The predicted octanol–water partition coefficient (Wildman–Crippen LogP) is 2.49. The summed E-state index contributed by atoms with van der Waals surface area (Å²) >= 11 is 1.02. The molecule has 0 radical (unpaired) electrons. The van der Waals surface area contributed by atoms with Crippen molar-refractivity contribution in [2.45, 2.75) is 23.7 Å². The van der Waals surface area contributed by atoms with Crippen molar-refractivity contribution in [2.24, 2.45) is 9.98 Å². The fraction of sp³-hybridized carbons (Fsp3) is 0.500. The minimum atomic E-state index is -5.08. The molecule has 30 heavy (non-hydrogen) atoms. The first-order chi connectivity index (χ1) is 14.3. The molecule has 0 saturated carbocycles. The summed E-state index contributed by atoms with van der Waals surface area (Å²) < 4.78 is 57.6. The van der Waals surface area contributed by atoms with Crippen LogP contribution in [-0.4, -0.2) is 73.9 Å². The molecule has 0 N–H and O–H groups in total.